The maximum atomic E-state index is 12.0. The Bertz CT molecular complexity index is 847. The van der Waals surface area contributed by atoms with Crippen LogP contribution in [0.5, 0.6) is 0 Å². The van der Waals surface area contributed by atoms with Crippen molar-refractivity contribution in [1.29, 1.82) is 0 Å². The molecular weight excluding hydrogens is 357 g/mol. The largest absolute Gasteiger partial charge is 0.359 e. The van der Waals surface area contributed by atoms with Gasteiger partial charge >= 0.3 is 0 Å². The second-order valence-electron chi connectivity index (χ2n) is 4.60. The van der Waals surface area contributed by atoms with Crippen molar-refractivity contribution in [2.75, 3.05) is 11.6 Å². The second-order valence-corrected chi connectivity index (χ2v) is 6.38. The first-order valence-corrected chi connectivity index (χ1v) is 8.25. The van der Waals surface area contributed by atoms with Gasteiger partial charge in [-0.1, -0.05) is 35.0 Å². The summed E-state index contributed by atoms with van der Waals surface area (Å²) in [4.78, 5) is 14.8. The third kappa shape index (κ3) is 3.36. The molecule has 0 radical (unpaired) electrons. The lowest BCUT2D eigenvalue weighted by Crippen LogP contribution is -2.13. The van der Waals surface area contributed by atoms with Crippen molar-refractivity contribution in [3.63, 3.8) is 0 Å². The van der Waals surface area contributed by atoms with Crippen molar-refractivity contribution in [1.82, 2.24) is 19.9 Å². The summed E-state index contributed by atoms with van der Waals surface area (Å²) >= 11 is 13.3. The van der Waals surface area contributed by atoms with Crippen LogP contribution in [0.2, 0.25) is 10.0 Å². The van der Waals surface area contributed by atoms with Crippen LogP contribution >= 0.6 is 35.0 Å². The lowest BCUT2D eigenvalue weighted by atomic mass is 10.2. The highest BCUT2D eigenvalue weighted by molar-refractivity contribution is 7.99. The summed E-state index contributed by atoms with van der Waals surface area (Å²) in [7, 11) is 0. The average Bonchev–Trinajstić information content (AvgIpc) is 3.18. The van der Waals surface area contributed by atoms with Gasteiger partial charge in [-0.2, -0.15) is 0 Å². The van der Waals surface area contributed by atoms with Crippen LogP contribution in [0.15, 0.2) is 41.7 Å². The lowest BCUT2D eigenvalue weighted by Gasteiger charge is -2.05. The Morgan fingerprint density at radius 3 is 2.87 bits per heavy atom. The van der Waals surface area contributed by atoms with Crippen LogP contribution < -0.4 is 5.84 Å². The van der Waals surface area contributed by atoms with Crippen molar-refractivity contribution < 1.29 is 4.79 Å². The topological polar surface area (TPSA) is 89.6 Å². The summed E-state index contributed by atoms with van der Waals surface area (Å²) < 4.78 is 1.30. The number of aromatic nitrogens is 4. The minimum Gasteiger partial charge on any atom is -0.359 e. The van der Waals surface area contributed by atoms with E-state index in [1.807, 2.05) is 0 Å². The Hall–Kier alpha value is -1.96. The average molecular weight is 368 g/mol. The molecule has 0 spiro atoms. The number of carbonyl (C=O) groups excluding carboxylic acids is 1. The van der Waals surface area contributed by atoms with Gasteiger partial charge in [0.05, 0.1) is 16.5 Å². The zero-order valence-electron chi connectivity index (χ0n) is 11.7. The van der Waals surface area contributed by atoms with Crippen molar-refractivity contribution >= 4 is 40.7 Å². The van der Waals surface area contributed by atoms with Crippen LogP contribution in [0.4, 0.5) is 0 Å². The quantitative estimate of drug-likeness (QED) is 0.410. The number of nitrogens with two attached hydrogens (primary N) is 1. The van der Waals surface area contributed by atoms with Crippen LogP contribution in [-0.4, -0.2) is 31.4 Å². The number of benzene rings is 1. The molecule has 23 heavy (non-hydrogen) atoms. The minimum absolute atomic E-state index is 0.0506. The Balaban J connectivity index is 1.79. The molecule has 0 atom stereocenters. The van der Waals surface area contributed by atoms with Crippen molar-refractivity contribution in [2.45, 2.75) is 5.16 Å². The van der Waals surface area contributed by atoms with Gasteiger partial charge in [-0.3, -0.25) is 4.79 Å². The monoisotopic (exact) mass is 367 g/mol. The van der Waals surface area contributed by atoms with E-state index in [0.29, 0.717) is 32.3 Å². The fourth-order valence-corrected chi connectivity index (χ4v) is 3.05. The number of nitrogen functional groups attached to an aromatic ring is 1. The zero-order valence-corrected chi connectivity index (χ0v) is 14.0. The first-order chi connectivity index (χ1) is 11.1. The normalized spacial score (nSPS) is 10.9. The number of H-pyrrole nitrogens is 1. The number of ketones is 1. The predicted molar refractivity (Wildman–Crippen MR) is 91.5 cm³/mol. The molecule has 0 aliphatic heterocycles. The van der Waals surface area contributed by atoms with E-state index in [9.17, 15) is 4.79 Å². The molecular formula is C14H11Cl2N5OS. The van der Waals surface area contributed by atoms with Crippen LogP contribution in [-0.2, 0) is 0 Å². The van der Waals surface area contributed by atoms with Crippen molar-refractivity contribution in [3.05, 3.63) is 52.3 Å². The van der Waals surface area contributed by atoms with E-state index in [0.717, 1.165) is 0 Å². The predicted octanol–water partition coefficient (Wildman–Crippen LogP) is 3.27. The van der Waals surface area contributed by atoms with Gasteiger partial charge in [-0.15, -0.1) is 10.2 Å². The Morgan fingerprint density at radius 1 is 1.30 bits per heavy atom. The van der Waals surface area contributed by atoms with Gasteiger partial charge in [0, 0.05) is 16.8 Å². The molecule has 1 aromatic carbocycles. The van der Waals surface area contributed by atoms with E-state index in [2.05, 4.69) is 15.2 Å². The number of halogens is 2. The number of nitrogens with zero attached hydrogens (tertiary/aromatic N) is 3. The number of hydrogen-bond acceptors (Lipinski definition) is 5. The van der Waals surface area contributed by atoms with Gasteiger partial charge in [-0.05, 0) is 30.3 Å². The molecule has 2 heterocycles. The van der Waals surface area contributed by atoms with Crippen LogP contribution in [0.25, 0.3) is 11.4 Å². The summed E-state index contributed by atoms with van der Waals surface area (Å²) in [5.74, 6) is 6.53. The molecule has 3 rings (SSSR count). The van der Waals surface area contributed by atoms with E-state index in [4.69, 9.17) is 29.0 Å². The van der Waals surface area contributed by atoms with Gasteiger partial charge in [0.1, 0.15) is 0 Å². The summed E-state index contributed by atoms with van der Waals surface area (Å²) in [6.45, 7) is 0. The molecule has 3 N–H and O–H groups in total. The fourth-order valence-electron chi connectivity index (χ4n) is 1.94. The van der Waals surface area contributed by atoms with Gasteiger partial charge in [-0.25, -0.2) is 4.68 Å². The third-order valence-corrected chi connectivity index (χ3v) is 4.57. The lowest BCUT2D eigenvalue weighted by molar-refractivity contribution is 0.101. The molecule has 0 bridgehead atoms. The van der Waals surface area contributed by atoms with Crippen molar-refractivity contribution in [2.24, 2.45) is 0 Å². The third-order valence-electron chi connectivity index (χ3n) is 3.06. The molecule has 0 aliphatic rings. The molecule has 0 fully saturated rings. The Labute approximate surface area is 146 Å². The number of aromatic amines is 1. The number of thioether (sulfide) groups is 1. The highest BCUT2D eigenvalue weighted by Gasteiger charge is 2.17. The van der Waals surface area contributed by atoms with Crippen LogP contribution in [0, 0.1) is 0 Å². The number of carbonyl (C=O) groups is 1. The Morgan fingerprint density at radius 2 is 2.13 bits per heavy atom. The molecule has 6 nitrogen and oxygen atoms in total. The van der Waals surface area contributed by atoms with Crippen LogP contribution in [0.3, 0.4) is 0 Å². The second kappa shape index (κ2) is 6.66. The molecule has 0 amide bonds. The SMILES string of the molecule is Nn1c(SCC(=O)c2ccc[nH]2)nnc1-c1cc(Cl)ccc1Cl. The summed E-state index contributed by atoms with van der Waals surface area (Å²) in [5, 5.41) is 9.43. The highest BCUT2D eigenvalue weighted by Crippen LogP contribution is 2.30. The highest BCUT2D eigenvalue weighted by atomic mass is 35.5. The number of rotatable bonds is 5. The van der Waals surface area contributed by atoms with E-state index in [-0.39, 0.29) is 11.5 Å². The van der Waals surface area contributed by atoms with E-state index < -0.39 is 0 Å². The van der Waals surface area contributed by atoms with Crippen molar-refractivity contribution in [3.8, 4) is 11.4 Å². The van der Waals surface area contributed by atoms with Gasteiger partial charge in [0.15, 0.2) is 11.6 Å². The number of Topliss-reactive ketones (excluding diaryl/α,β-unsaturated/α-hetero) is 1. The number of nitrogens with one attached hydrogen (secondary N) is 1. The van der Waals surface area contributed by atoms with E-state index >= 15 is 0 Å². The number of hydrogen-bond donors (Lipinski definition) is 2. The molecule has 2 aromatic heterocycles. The van der Waals surface area contributed by atoms with Gasteiger partial charge in [0.2, 0.25) is 5.16 Å². The molecule has 0 unspecified atom stereocenters. The zero-order chi connectivity index (χ0) is 16.4. The Kier molecular flexibility index (Phi) is 4.61. The molecule has 9 heteroatoms. The molecule has 0 saturated carbocycles. The smallest absolute Gasteiger partial charge is 0.210 e. The summed E-state index contributed by atoms with van der Waals surface area (Å²) in [6, 6.07) is 8.48. The first-order valence-electron chi connectivity index (χ1n) is 6.51. The standard InChI is InChI=1S/C14H11Cl2N5OS/c15-8-3-4-10(16)9(6-8)13-19-20-14(21(13)17)23-7-12(22)11-2-1-5-18-11/h1-6,18H,7,17H2. The van der Waals surface area contributed by atoms with E-state index in [1.54, 1.807) is 36.5 Å². The fraction of sp³-hybridized carbons (Fsp3) is 0.0714. The molecule has 0 aliphatic carbocycles. The maximum Gasteiger partial charge on any atom is 0.210 e. The van der Waals surface area contributed by atoms with Gasteiger partial charge < -0.3 is 10.8 Å². The van der Waals surface area contributed by atoms with Crippen LogP contribution in [0.1, 0.15) is 10.5 Å². The van der Waals surface area contributed by atoms with Gasteiger partial charge in [0.25, 0.3) is 0 Å². The summed E-state index contributed by atoms with van der Waals surface area (Å²) in [5.41, 5.74) is 1.12. The first kappa shape index (κ1) is 15.9. The maximum absolute atomic E-state index is 12.0. The molecule has 3 aromatic rings. The van der Waals surface area contributed by atoms with E-state index in [1.165, 1.54) is 16.4 Å². The summed E-state index contributed by atoms with van der Waals surface area (Å²) in [6.07, 6.45) is 1.70. The minimum atomic E-state index is -0.0506. The molecule has 118 valence electrons. The molecule has 0 saturated heterocycles.